The Morgan fingerprint density at radius 2 is 1.95 bits per heavy atom. The van der Waals surface area contributed by atoms with Crippen molar-refractivity contribution in [3.05, 3.63) is 34.9 Å². The Morgan fingerprint density at radius 1 is 1.23 bits per heavy atom. The molecule has 1 saturated heterocycles. The van der Waals surface area contributed by atoms with Crippen LogP contribution in [-0.4, -0.2) is 35.8 Å². The molecular formula is C14H17ClN4O3. The number of carbonyl (C=O) groups excluding carboxylic acids is 3. The minimum atomic E-state index is -0.544. The Morgan fingerprint density at radius 3 is 2.64 bits per heavy atom. The average molecular weight is 325 g/mol. The van der Waals surface area contributed by atoms with Gasteiger partial charge in [-0.15, -0.1) is 0 Å². The van der Waals surface area contributed by atoms with Crippen molar-refractivity contribution in [3.8, 4) is 0 Å². The van der Waals surface area contributed by atoms with Crippen LogP contribution in [0.2, 0.25) is 5.02 Å². The summed E-state index contributed by atoms with van der Waals surface area (Å²) in [5.74, 6) is -1.25. The molecule has 1 atom stereocenters. The molecule has 0 unspecified atom stereocenters. The number of hydrogen-bond acceptors (Lipinski definition) is 3. The highest BCUT2D eigenvalue weighted by molar-refractivity contribution is 6.33. The molecule has 0 spiro atoms. The van der Waals surface area contributed by atoms with Gasteiger partial charge in [-0.05, 0) is 25.0 Å². The molecule has 4 amide bonds. The highest BCUT2D eigenvalue weighted by Crippen LogP contribution is 2.16. The van der Waals surface area contributed by atoms with Crippen LogP contribution in [0.1, 0.15) is 23.2 Å². The Kier molecular flexibility index (Phi) is 5.21. The summed E-state index contributed by atoms with van der Waals surface area (Å²) in [4.78, 5) is 36.5. The quantitative estimate of drug-likeness (QED) is 0.704. The van der Waals surface area contributed by atoms with Gasteiger partial charge in [-0.3, -0.25) is 20.4 Å². The van der Waals surface area contributed by atoms with Crippen LogP contribution in [0, 0.1) is 5.92 Å². The topological polar surface area (TPSA) is 105 Å². The third-order valence-corrected chi connectivity index (χ3v) is 3.85. The van der Waals surface area contributed by atoms with Gasteiger partial charge in [-0.25, -0.2) is 4.79 Å². The Labute approximate surface area is 132 Å². The van der Waals surface area contributed by atoms with Crippen LogP contribution in [0.25, 0.3) is 0 Å². The van der Waals surface area contributed by atoms with Crippen LogP contribution < -0.4 is 16.6 Å². The SMILES string of the molecule is NC(=O)N1CCC[C@H](C(=O)NNC(=O)c2ccccc2Cl)C1. The van der Waals surface area contributed by atoms with Gasteiger partial charge in [0.25, 0.3) is 5.91 Å². The number of nitrogens with zero attached hydrogens (tertiary/aromatic N) is 1. The first kappa shape index (κ1) is 16.1. The van der Waals surface area contributed by atoms with Gasteiger partial charge in [-0.1, -0.05) is 23.7 Å². The van der Waals surface area contributed by atoms with E-state index in [1.807, 2.05) is 0 Å². The highest BCUT2D eigenvalue weighted by atomic mass is 35.5. The monoisotopic (exact) mass is 324 g/mol. The number of piperidine rings is 1. The van der Waals surface area contributed by atoms with Crippen molar-refractivity contribution in [2.24, 2.45) is 11.7 Å². The number of hydrogen-bond donors (Lipinski definition) is 3. The molecule has 118 valence electrons. The molecule has 0 aromatic heterocycles. The summed E-state index contributed by atoms with van der Waals surface area (Å²) in [5.41, 5.74) is 10.2. The van der Waals surface area contributed by atoms with Gasteiger partial charge in [-0.2, -0.15) is 0 Å². The fourth-order valence-electron chi connectivity index (χ4n) is 2.32. The Balaban J connectivity index is 1.89. The predicted molar refractivity (Wildman–Crippen MR) is 80.9 cm³/mol. The number of benzene rings is 1. The number of nitrogens with two attached hydrogens (primary N) is 1. The van der Waals surface area contributed by atoms with Crippen LogP contribution >= 0.6 is 11.6 Å². The van der Waals surface area contributed by atoms with E-state index < -0.39 is 17.9 Å². The second kappa shape index (κ2) is 7.13. The lowest BCUT2D eigenvalue weighted by molar-refractivity contribution is -0.127. The summed E-state index contributed by atoms with van der Waals surface area (Å²) in [6.45, 7) is 0.800. The number of hydrazine groups is 1. The fourth-order valence-corrected chi connectivity index (χ4v) is 2.55. The number of rotatable bonds is 2. The van der Waals surface area contributed by atoms with E-state index in [9.17, 15) is 14.4 Å². The molecule has 1 heterocycles. The van der Waals surface area contributed by atoms with Crippen LogP contribution in [-0.2, 0) is 4.79 Å². The third kappa shape index (κ3) is 3.88. The van der Waals surface area contributed by atoms with Crippen molar-refractivity contribution in [2.75, 3.05) is 13.1 Å². The molecular weight excluding hydrogens is 308 g/mol. The second-order valence-corrected chi connectivity index (χ2v) is 5.45. The lowest BCUT2D eigenvalue weighted by Crippen LogP contribution is -2.51. The number of carbonyl (C=O) groups is 3. The zero-order valence-electron chi connectivity index (χ0n) is 11.8. The molecule has 1 aliphatic rings. The molecule has 0 bridgehead atoms. The van der Waals surface area contributed by atoms with Gasteiger partial charge in [0.05, 0.1) is 16.5 Å². The van der Waals surface area contributed by atoms with E-state index in [0.717, 1.165) is 0 Å². The number of amides is 4. The molecule has 1 aromatic rings. The van der Waals surface area contributed by atoms with Crippen molar-refractivity contribution in [3.63, 3.8) is 0 Å². The average Bonchev–Trinajstić information content (AvgIpc) is 2.52. The molecule has 7 nitrogen and oxygen atoms in total. The van der Waals surface area contributed by atoms with Crippen molar-refractivity contribution in [1.29, 1.82) is 0 Å². The molecule has 1 aliphatic heterocycles. The molecule has 22 heavy (non-hydrogen) atoms. The summed E-state index contributed by atoms with van der Waals surface area (Å²) >= 11 is 5.91. The van der Waals surface area contributed by atoms with Crippen molar-refractivity contribution < 1.29 is 14.4 Å². The molecule has 2 rings (SSSR count). The second-order valence-electron chi connectivity index (χ2n) is 5.05. The maximum Gasteiger partial charge on any atom is 0.314 e. The lowest BCUT2D eigenvalue weighted by Gasteiger charge is -2.30. The predicted octanol–water partition coefficient (Wildman–Crippen LogP) is 0.892. The van der Waals surface area contributed by atoms with E-state index in [0.29, 0.717) is 24.4 Å². The van der Waals surface area contributed by atoms with Crippen molar-refractivity contribution in [1.82, 2.24) is 15.8 Å². The zero-order valence-corrected chi connectivity index (χ0v) is 12.6. The van der Waals surface area contributed by atoms with Gasteiger partial charge >= 0.3 is 6.03 Å². The first-order valence-corrected chi connectivity index (χ1v) is 7.26. The summed E-state index contributed by atoms with van der Waals surface area (Å²) in [6, 6.07) is 5.98. The molecule has 0 saturated carbocycles. The van der Waals surface area contributed by atoms with E-state index in [2.05, 4.69) is 10.9 Å². The van der Waals surface area contributed by atoms with Gasteiger partial charge in [0.1, 0.15) is 0 Å². The minimum absolute atomic E-state index is 0.253. The molecule has 0 radical (unpaired) electrons. The first-order valence-electron chi connectivity index (χ1n) is 6.88. The van der Waals surface area contributed by atoms with Gasteiger partial charge < -0.3 is 10.6 Å². The van der Waals surface area contributed by atoms with E-state index in [4.69, 9.17) is 17.3 Å². The van der Waals surface area contributed by atoms with Crippen LogP contribution in [0.3, 0.4) is 0 Å². The maximum absolute atomic E-state index is 12.0. The summed E-state index contributed by atoms with van der Waals surface area (Å²) < 4.78 is 0. The first-order chi connectivity index (χ1) is 10.5. The smallest absolute Gasteiger partial charge is 0.314 e. The summed E-state index contributed by atoms with van der Waals surface area (Å²) in [7, 11) is 0. The lowest BCUT2D eigenvalue weighted by atomic mass is 9.98. The molecule has 0 aliphatic carbocycles. The van der Waals surface area contributed by atoms with Crippen LogP contribution in [0.4, 0.5) is 4.79 Å². The largest absolute Gasteiger partial charge is 0.351 e. The fraction of sp³-hybridized carbons (Fsp3) is 0.357. The van der Waals surface area contributed by atoms with Gasteiger partial charge in [0.15, 0.2) is 0 Å². The standard InChI is InChI=1S/C14H17ClN4O3/c15-11-6-2-1-5-10(11)13(21)18-17-12(20)9-4-3-7-19(8-9)14(16)22/h1-2,5-6,9H,3-4,7-8H2,(H2,16,22)(H,17,20)(H,18,21)/t9-/m0/s1. The normalized spacial score (nSPS) is 17.7. The van der Waals surface area contributed by atoms with E-state index in [1.165, 1.54) is 4.90 Å². The van der Waals surface area contributed by atoms with Crippen LogP contribution in [0.15, 0.2) is 24.3 Å². The number of halogens is 1. The van der Waals surface area contributed by atoms with E-state index in [1.54, 1.807) is 24.3 Å². The van der Waals surface area contributed by atoms with Gasteiger partial charge in [0.2, 0.25) is 5.91 Å². The van der Waals surface area contributed by atoms with Gasteiger partial charge in [0, 0.05) is 13.1 Å². The minimum Gasteiger partial charge on any atom is -0.351 e. The molecule has 1 aromatic carbocycles. The van der Waals surface area contributed by atoms with Crippen molar-refractivity contribution in [2.45, 2.75) is 12.8 Å². The molecule has 8 heteroatoms. The Bertz CT molecular complexity index is 593. The zero-order chi connectivity index (χ0) is 16.1. The van der Waals surface area contributed by atoms with E-state index in [-0.39, 0.29) is 18.0 Å². The Hall–Kier alpha value is -2.28. The summed E-state index contributed by atoms with van der Waals surface area (Å²) in [6.07, 6.45) is 1.33. The highest BCUT2D eigenvalue weighted by Gasteiger charge is 2.27. The van der Waals surface area contributed by atoms with E-state index >= 15 is 0 Å². The molecule has 4 N–H and O–H groups in total. The number of urea groups is 1. The third-order valence-electron chi connectivity index (χ3n) is 3.52. The number of primary amides is 1. The number of nitrogens with one attached hydrogen (secondary N) is 2. The summed E-state index contributed by atoms with van der Waals surface area (Å²) in [5, 5.41) is 0.298. The molecule has 1 fully saturated rings. The number of likely N-dealkylation sites (tertiary alicyclic amines) is 1. The van der Waals surface area contributed by atoms with Crippen LogP contribution in [0.5, 0.6) is 0 Å². The van der Waals surface area contributed by atoms with Crippen molar-refractivity contribution >= 4 is 29.4 Å². The maximum atomic E-state index is 12.0.